The summed E-state index contributed by atoms with van der Waals surface area (Å²) in [5, 5.41) is 3.11. The van der Waals surface area contributed by atoms with Crippen LogP contribution in [0.5, 0.6) is 0 Å². The Bertz CT molecular complexity index is 1180. The van der Waals surface area contributed by atoms with Gasteiger partial charge in [-0.25, -0.2) is 8.42 Å². The third-order valence-corrected chi connectivity index (χ3v) is 7.05. The summed E-state index contributed by atoms with van der Waals surface area (Å²) < 4.78 is 26.8. The van der Waals surface area contributed by atoms with Crippen molar-refractivity contribution < 1.29 is 13.2 Å². The van der Waals surface area contributed by atoms with Gasteiger partial charge in [0.2, 0.25) is 0 Å². The van der Waals surface area contributed by atoms with Crippen LogP contribution >= 0.6 is 11.6 Å². The highest BCUT2D eigenvalue weighted by atomic mass is 35.5. The fourth-order valence-corrected chi connectivity index (χ4v) is 4.63. The molecular weight excluding hydrogens is 420 g/mol. The number of amides is 1. The maximum absolute atomic E-state index is 12.8. The Morgan fingerprint density at radius 2 is 1.73 bits per heavy atom. The molecule has 30 heavy (non-hydrogen) atoms. The quantitative estimate of drug-likeness (QED) is 0.564. The number of nitrogens with one attached hydrogen (secondary N) is 1. The summed E-state index contributed by atoms with van der Waals surface area (Å²) in [6.07, 6.45) is 0.784. The second-order valence-corrected chi connectivity index (χ2v) is 9.24. The van der Waals surface area contributed by atoms with E-state index >= 15 is 0 Å². The zero-order chi connectivity index (χ0) is 21.9. The largest absolute Gasteiger partial charge is 0.321 e. The SMILES string of the molecule is CCc1cccc(C)c1NC(=O)c1ccc(N(C)S(=O)(=O)c2ccccc2)cc1Cl. The van der Waals surface area contributed by atoms with E-state index in [4.69, 9.17) is 11.6 Å². The second kappa shape index (κ2) is 8.90. The number of para-hydroxylation sites is 1. The van der Waals surface area contributed by atoms with Gasteiger partial charge < -0.3 is 5.32 Å². The van der Waals surface area contributed by atoms with Crippen molar-refractivity contribution in [2.75, 3.05) is 16.7 Å². The lowest BCUT2D eigenvalue weighted by atomic mass is 10.1. The Balaban J connectivity index is 1.88. The summed E-state index contributed by atoms with van der Waals surface area (Å²) in [7, 11) is -2.28. The molecule has 0 aromatic heterocycles. The number of rotatable bonds is 6. The van der Waals surface area contributed by atoms with Crippen molar-refractivity contribution >= 4 is 38.9 Å². The molecule has 0 aliphatic heterocycles. The summed E-state index contributed by atoms with van der Waals surface area (Å²) in [5.74, 6) is -0.343. The van der Waals surface area contributed by atoms with Gasteiger partial charge >= 0.3 is 0 Å². The minimum absolute atomic E-state index is 0.173. The number of aryl methyl sites for hydroxylation is 2. The van der Waals surface area contributed by atoms with Crippen LogP contribution < -0.4 is 9.62 Å². The Labute approximate surface area is 182 Å². The van der Waals surface area contributed by atoms with Gasteiger partial charge in [-0.2, -0.15) is 0 Å². The summed E-state index contributed by atoms with van der Waals surface area (Å²) >= 11 is 6.36. The summed E-state index contributed by atoms with van der Waals surface area (Å²) in [6.45, 7) is 3.96. The van der Waals surface area contributed by atoms with Gasteiger partial charge in [0.05, 0.1) is 21.2 Å². The molecule has 1 amide bonds. The number of halogens is 1. The van der Waals surface area contributed by atoms with Crippen molar-refractivity contribution in [3.05, 3.63) is 88.4 Å². The van der Waals surface area contributed by atoms with Crippen molar-refractivity contribution in [1.82, 2.24) is 0 Å². The Kier molecular flexibility index (Phi) is 6.48. The van der Waals surface area contributed by atoms with Gasteiger partial charge in [0.15, 0.2) is 0 Å². The van der Waals surface area contributed by atoms with Crippen LogP contribution in [-0.4, -0.2) is 21.4 Å². The Morgan fingerprint density at radius 1 is 1.03 bits per heavy atom. The summed E-state index contributed by atoms with van der Waals surface area (Å²) in [5.41, 5.74) is 3.41. The minimum atomic E-state index is -3.73. The van der Waals surface area contributed by atoms with Crippen LogP contribution in [-0.2, 0) is 16.4 Å². The Morgan fingerprint density at radius 3 is 2.37 bits per heavy atom. The molecule has 0 saturated carbocycles. The van der Waals surface area contributed by atoms with Crippen LogP contribution in [0.1, 0.15) is 28.4 Å². The van der Waals surface area contributed by atoms with Crippen LogP contribution in [0.2, 0.25) is 5.02 Å². The van der Waals surface area contributed by atoms with Crippen molar-refractivity contribution in [2.24, 2.45) is 0 Å². The number of hydrogen-bond acceptors (Lipinski definition) is 3. The molecule has 3 aromatic carbocycles. The molecule has 0 bridgehead atoms. The minimum Gasteiger partial charge on any atom is -0.321 e. The molecule has 3 rings (SSSR count). The van der Waals surface area contributed by atoms with Crippen molar-refractivity contribution in [3.8, 4) is 0 Å². The maximum atomic E-state index is 12.8. The normalized spacial score (nSPS) is 11.2. The molecular formula is C23H23ClN2O3S. The van der Waals surface area contributed by atoms with Gasteiger partial charge in [-0.3, -0.25) is 9.10 Å². The average molecular weight is 443 g/mol. The zero-order valence-electron chi connectivity index (χ0n) is 17.0. The third kappa shape index (κ3) is 4.35. The highest BCUT2D eigenvalue weighted by Crippen LogP contribution is 2.28. The predicted octanol–water partition coefficient (Wildman–Crippen LogP) is 5.29. The molecule has 0 radical (unpaired) electrons. The smallest absolute Gasteiger partial charge is 0.264 e. The number of benzene rings is 3. The van der Waals surface area contributed by atoms with E-state index in [1.54, 1.807) is 24.3 Å². The number of anilines is 2. The fraction of sp³-hybridized carbons (Fsp3) is 0.174. The predicted molar refractivity (Wildman–Crippen MR) is 122 cm³/mol. The van der Waals surface area contributed by atoms with Crippen molar-refractivity contribution in [3.63, 3.8) is 0 Å². The van der Waals surface area contributed by atoms with Crippen molar-refractivity contribution in [1.29, 1.82) is 0 Å². The first-order chi connectivity index (χ1) is 14.3. The fourth-order valence-electron chi connectivity index (χ4n) is 3.16. The number of carbonyl (C=O) groups is 1. The molecule has 0 fully saturated rings. The number of sulfonamides is 1. The first-order valence-corrected chi connectivity index (χ1v) is 11.3. The van der Waals surface area contributed by atoms with E-state index < -0.39 is 10.0 Å². The van der Waals surface area contributed by atoms with Gasteiger partial charge in [0.25, 0.3) is 15.9 Å². The van der Waals surface area contributed by atoms with E-state index in [1.807, 2.05) is 32.0 Å². The van der Waals surface area contributed by atoms with Gasteiger partial charge in [-0.15, -0.1) is 0 Å². The molecule has 0 unspecified atom stereocenters. The standard InChI is InChI=1S/C23H23ClN2O3S/c1-4-17-10-8-9-16(2)22(17)25-23(27)20-14-13-18(15-21(20)24)26(3)30(28,29)19-11-6-5-7-12-19/h5-15H,4H2,1-3H3,(H,25,27). The topological polar surface area (TPSA) is 66.5 Å². The first kappa shape index (κ1) is 21.9. The van der Waals surface area contributed by atoms with E-state index in [2.05, 4.69) is 5.32 Å². The first-order valence-electron chi connectivity index (χ1n) is 9.49. The van der Waals surface area contributed by atoms with Crippen molar-refractivity contribution in [2.45, 2.75) is 25.2 Å². The summed E-state index contributed by atoms with van der Waals surface area (Å²) in [6, 6.07) is 18.6. The number of carbonyl (C=O) groups excluding carboxylic acids is 1. The molecule has 0 atom stereocenters. The van der Waals surface area contributed by atoms with E-state index in [1.165, 1.54) is 31.3 Å². The molecule has 0 aliphatic rings. The van der Waals surface area contributed by atoms with Gasteiger partial charge in [-0.1, -0.05) is 54.9 Å². The maximum Gasteiger partial charge on any atom is 0.264 e. The van der Waals surface area contributed by atoms with Crippen LogP contribution in [0.4, 0.5) is 11.4 Å². The van der Waals surface area contributed by atoms with Crippen LogP contribution in [0, 0.1) is 6.92 Å². The van der Waals surface area contributed by atoms with E-state index in [-0.39, 0.29) is 21.4 Å². The molecule has 0 heterocycles. The van der Waals surface area contributed by atoms with E-state index in [0.717, 1.165) is 27.5 Å². The molecule has 0 saturated heterocycles. The lowest BCUT2D eigenvalue weighted by Crippen LogP contribution is -2.26. The van der Waals surface area contributed by atoms with Crippen LogP contribution in [0.25, 0.3) is 0 Å². The van der Waals surface area contributed by atoms with Crippen LogP contribution in [0.3, 0.4) is 0 Å². The molecule has 5 nitrogen and oxygen atoms in total. The highest BCUT2D eigenvalue weighted by molar-refractivity contribution is 7.92. The number of hydrogen-bond donors (Lipinski definition) is 1. The van der Waals surface area contributed by atoms with E-state index in [9.17, 15) is 13.2 Å². The molecule has 0 aliphatic carbocycles. The number of nitrogens with zero attached hydrogens (tertiary/aromatic N) is 1. The van der Waals surface area contributed by atoms with Gasteiger partial charge in [-0.05, 0) is 54.8 Å². The van der Waals surface area contributed by atoms with Gasteiger partial charge in [0.1, 0.15) is 0 Å². The average Bonchev–Trinajstić information content (AvgIpc) is 2.75. The lowest BCUT2D eigenvalue weighted by Gasteiger charge is -2.20. The lowest BCUT2D eigenvalue weighted by molar-refractivity contribution is 0.102. The Hall–Kier alpha value is -2.83. The van der Waals surface area contributed by atoms with Crippen LogP contribution in [0.15, 0.2) is 71.6 Å². The summed E-state index contributed by atoms with van der Waals surface area (Å²) in [4.78, 5) is 13.0. The third-order valence-electron chi connectivity index (χ3n) is 4.94. The molecule has 156 valence electrons. The molecule has 0 spiro atoms. The second-order valence-electron chi connectivity index (χ2n) is 6.87. The molecule has 1 N–H and O–H groups in total. The molecule has 7 heteroatoms. The van der Waals surface area contributed by atoms with Gasteiger partial charge in [0, 0.05) is 12.7 Å². The highest BCUT2D eigenvalue weighted by Gasteiger charge is 2.22. The zero-order valence-corrected chi connectivity index (χ0v) is 18.6. The van der Waals surface area contributed by atoms with E-state index in [0.29, 0.717) is 5.69 Å². The molecule has 3 aromatic rings. The monoisotopic (exact) mass is 442 g/mol.